The minimum Gasteiger partial charge on any atom is -0.397 e. The summed E-state index contributed by atoms with van der Waals surface area (Å²) < 4.78 is 159. The van der Waals surface area contributed by atoms with Gasteiger partial charge in [-0.1, -0.05) is 0 Å². The van der Waals surface area contributed by atoms with Crippen LogP contribution in [0.25, 0.3) is 0 Å². The molecule has 0 aromatic rings. The highest BCUT2D eigenvalue weighted by molar-refractivity contribution is 4.90. The Morgan fingerprint density at radius 1 is 0.545 bits per heavy atom. The average Bonchev–Trinajstić information content (AvgIpc) is 2.26. The maximum atomic E-state index is 12.0. The highest BCUT2D eigenvalue weighted by Gasteiger charge is 2.76. The van der Waals surface area contributed by atoms with Gasteiger partial charge < -0.3 is 4.74 Å². The second-order valence-electron chi connectivity index (χ2n) is 2.75. The molecule has 0 aromatic carbocycles. The summed E-state index contributed by atoms with van der Waals surface area (Å²) in [6, 6.07) is -3.52. The maximum Gasteiger partial charge on any atom is 0.476 e. The molecule has 0 aliphatic carbocycles. The Labute approximate surface area is 110 Å². The number of hydrogen-bond acceptors (Lipinski definition) is 1. The molecule has 0 saturated heterocycles. The van der Waals surface area contributed by atoms with Crippen LogP contribution < -0.4 is 0 Å². The van der Waals surface area contributed by atoms with Crippen molar-refractivity contribution in [2.24, 2.45) is 0 Å². The van der Waals surface area contributed by atoms with Crippen LogP contribution in [0.4, 0.5) is 61.5 Å². The van der Waals surface area contributed by atoms with Crippen molar-refractivity contribution in [3.8, 4) is 0 Å². The van der Waals surface area contributed by atoms with Crippen LogP contribution in [0.5, 0.6) is 0 Å². The smallest absolute Gasteiger partial charge is 0.397 e. The van der Waals surface area contributed by atoms with Gasteiger partial charge in [0.1, 0.15) is 0 Å². The van der Waals surface area contributed by atoms with Gasteiger partial charge in [-0.3, -0.25) is 0 Å². The molecule has 0 spiro atoms. The van der Waals surface area contributed by atoms with Crippen molar-refractivity contribution in [1.82, 2.24) is 0 Å². The lowest BCUT2D eigenvalue weighted by Crippen LogP contribution is -2.53. The largest absolute Gasteiger partial charge is 0.476 e. The van der Waals surface area contributed by atoms with Crippen LogP contribution in [-0.2, 0) is 4.74 Å². The maximum absolute atomic E-state index is 12.0. The first-order valence-corrected chi connectivity index (χ1v) is 4.05. The molecular formula is C7F14O. The van der Waals surface area contributed by atoms with E-state index in [1.165, 1.54) is 0 Å². The minimum absolute atomic E-state index is 1.95. The number of alkyl halides is 7. The number of rotatable bonds is 3. The van der Waals surface area contributed by atoms with Gasteiger partial charge in [0.05, 0.1) is 0 Å². The lowest BCUT2D eigenvalue weighted by Gasteiger charge is -2.26. The zero-order valence-electron chi connectivity index (χ0n) is 9.20. The lowest BCUT2D eigenvalue weighted by atomic mass is 10.3. The van der Waals surface area contributed by atoms with Crippen molar-refractivity contribution in [2.75, 3.05) is 0 Å². The van der Waals surface area contributed by atoms with E-state index in [2.05, 4.69) is 0 Å². The molecule has 0 fully saturated rings. The van der Waals surface area contributed by atoms with Gasteiger partial charge in [-0.25, -0.2) is 0 Å². The Hall–Kier alpha value is -1.70. The van der Waals surface area contributed by atoms with E-state index in [1.54, 1.807) is 0 Å². The fourth-order valence-electron chi connectivity index (χ4n) is 0.380. The average molecular weight is 366 g/mol. The number of hydrogen-bond donors (Lipinski definition) is 0. The molecule has 0 amide bonds. The van der Waals surface area contributed by atoms with E-state index in [0.717, 1.165) is 0 Å². The summed E-state index contributed by atoms with van der Waals surface area (Å²) in [5, 5.41) is 0. The highest BCUT2D eigenvalue weighted by atomic mass is 19.4. The number of halogens is 14. The summed E-state index contributed by atoms with van der Waals surface area (Å²) >= 11 is 0. The summed E-state index contributed by atoms with van der Waals surface area (Å²) in [5.41, 5.74) is 0. The normalized spacial score (nSPS) is 12.1. The van der Waals surface area contributed by atoms with Crippen molar-refractivity contribution in [1.29, 1.82) is 0 Å². The Morgan fingerprint density at radius 2 is 0.864 bits per heavy atom. The molecule has 0 bridgehead atoms. The van der Waals surface area contributed by atoms with Gasteiger partial charge in [-0.2, -0.15) is 61.5 Å². The molecule has 0 aromatic heterocycles. The summed E-state index contributed by atoms with van der Waals surface area (Å²) in [6.07, 6.45) is -22.7. The zero-order chi connectivity index (χ0) is 18.5. The topological polar surface area (TPSA) is 9.23 Å². The molecule has 0 radical (unpaired) electrons. The quantitative estimate of drug-likeness (QED) is 0.452. The van der Waals surface area contributed by atoms with Crippen LogP contribution in [0.2, 0.25) is 0 Å². The standard InChI is InChI=1S/C5F10O.C2F4/c6-1(7)2(8)16-5(14,15)3(9,10)4(11,12)13;3-1(4)2(5)6. The molecule has 0 rings (SSSR count). The summed E-state index contributed by atoms with van der Waals surface area (Å²) in [4.78, 5) is 0. The first-order chi connectivity index (χ1) is 9.47. The second-order valence-corrected chi connectivity index (χ2v) is 2.75. The van der Waals surface area contributed by atoms with Gasteiger partial charge in [0.15, 0.2) is 0 Å². The van der Waals surface area contributed by atoms with Crippen molar-refractivity contribution in [3.05, 3.63) is 24.3 Å². The van der Waals surface area contributed by atoms with Gasteiger partial charge >= 0.3 is 42.5 Å². The van der Waals surface area contributed by atoms with Gasteiger partial charge in [-0.15, -0.1) is 0 Å². The molecule has 0 N–H and O–H groups in total. The molecule has 0 atom stereocenters. The molecule has 0 saturated carbocycles. The van der Waals surface area contributed by atoms with E-state index in [1.807, 2.05) is 4.74 Å². The zero-order valence-corrected chi connectivity index (χ0v) is 9.20. The molecule has 0 aliphatic rings. The minimum atomic E-state index is -6.81. The van der Waals surface area contributed by atoms with E-state index < -0.39 is 42.5 Å². The fraction of sp³-hybridized carbons (Fsp3) is 0.429. The van der Waals surface area contributed by atoms with Crippen LogP contribution in [-0.4, -0.2) is 18.2 Å². The van der Waals surface area contributed by atoms with Gasteiger partial charge in [-0.05, 0) is 0 Å². The van der Waals surface area contributed by atoms with Crippen molar-refractivity contribution < 1.29 is 66.2 Å². The van der Waals surface area contributed by atoms with Crippen LogP contribution in [0.1, 0.15) is 0 Å². The molecule has 15 heteroatoms. The first-order valence-electron chi connectivity index (χ1n) is 4.05. The third-order valence-corrected chi connectivity index (χ3v) is 1.23. The molecular weight excluding hydrogens is 366 g/mol. The Bertz CT molecular complexity index is 409. The molecule has 22 heavy (non-hydrogen) atoms. The van der Waals surface area contributed by atoms with Crippen molar-refractivity contribution in [3.63, 3.8) is 0 Å². The van der Waals surface area contributed by atoms with E-state index in [0.29, 0.717) is 0 Å². The van der Waals surface area contributed by atoms with Crippen LogP contribution in [0, 0.1) is 0 Å². The van der Waals surface area contributed by atoms with E-state index >= 15 is 0 Å². The summed E-state index contributed by atoms with van der Waals surface area (Å²) in [6.45, 7) is 0. The molecule has 0 unspecified atom stereocenters. The Morgan fingerprint density at radius 3 is 1.05 bits per heavy atom. The van der Waals surface area contributed by atoms with Gasteiger partial charge in [0.2, 0.25) is 0 Å². The first kappa shape index (κ1) is 22.6. The van der Waals surface area contributed by atoms with Crippen molar-refractivity contribution >= 4 is 0 Å². The third kappa shape index (κ3) is 6.38. The van der Waals surface area contributed by atoms with Gasteiger partial charge in [0, 0.05) is 0 Å². The Balaban J connectivity index is 0. The second kappa shape index (κ2) is 7.53. The third-order valence-electron chi connectivity index (χ3n) is 1.23. The summed E-state index contributed by atoms with van der Waals surface area (Å²) in [7, 11) is 0. The van der Waals surface area contributed by atoms with Crippen molar-refractivity contribution in [2.45, 2.75) is 18.2 Å². The Kier molecular flexibility index (Phi) is 7.73. The summed E-state index contributed by atoms with van der Waals surface area (Å²) in [5.74, 6) is -6.81. The molecule has 132 valence electrons. The van der Waals surface area contributed by atoms with E-state index in [-0.39, 0.29) is 0 Å². The fourth-order valence-corrected chi connectivity index (χ4v) is 0.380. The van der Waals surface area contributed by atoms with Gasteiger partial charge in [0.25, 0.3) is 0 Å². The van der Waals surface area contributed by atoms with E-state index in [9.17, 15) is 61.5 Å². The van der Waals surface area contributed by atoms with Crippen LogP contribution >= 0.6 is 0 Å². The number of ether oxygens (including phenoxy) is 1. The molecule has 1 nitrogen and oxygen atoms in total. The molecule has 0 heterocycles. The highest BCUT2D eigenvalue weighted by Crippen LogP contribution is 2.48. The van der Waals surface area contributed by atoms with Crippen LogP contribution in [0.3, 0.4) is 0 Å². The predicted molar refractivity (Wildman–Crippen MR) is 38.8 cm³/mol. The predicted octanol–water partition coefficient (Wildman–Crippen LogP) is 5.82. The lowest BCUT2D eigenvalue weighted by molar-refractivity contribution is -0.419. The van der Waals surface area contributed by atoms with E-state index in [4.69, 9.17) is 0 Å². The molecule has 0 aliphatic heterocycles. The van der Waals surface area contributed by atoms with Crippen LogP contribution in [0.15, 0.2) is 24.3 Å². The SMILES string of the molecule is FC(F)=C(F)F.FC(F)=C(F)OC(F)(F)C(F)(F)C(F)(F)F. The monoisotopic (exact) mass is 366 g/mol.